The topological polar surface area (TPSA) is 65.1 Å². The van der Waals surface area contributed by atoms with Crippen molar-refractivity contribution < 1.29 is 4.74 Å². The number of methoxy groups -OCH3 is 1. The molecule has 1 aromatic carbocycles. The Labute approximate surface area is 120 Å². The Morgan fingerprint density at radius 1 is 1.47 bits per heavy atom. The summed E-state index contributed by atoms with van der Waals surface area (Å²) in [7, 11) is 3.55. The van der Waals surface area contributed by atoms with E-state index >= 15 is 0 Å². The van der Waals surface area contributed by atoms with Gasteiger partial charge in [0.05, 0.1) is 18.8 Å². The van der Waals surface area contributed by atoms with Crippen LogP contribution in [0.1, 0.15) is 17.3 Å². The molecule has 1 unspecified atom stereocenters. The normalized spacial score (nSPS) is 12.4. The fourth-order valence-corrected chi connectivity index (χ4v) is 2.48. The van der Waals surface area contributed by atoms with Gasteiger partial charge in [-0.15, -0.1) is 0 Å². The Kier molecular flexibility index (Phi) is 4.57. The van der Waals surface area contributed by atoms with Crippen LogP contribution in [0, 0.1) is 0 Å². The first-order valence-electron chi connectivity index (χ1n) is 5.92. The van der Waals surface area contributed by atoms with E-state index in [4.69, 9.17) is 10.6 Å². The highest BCUT2D eigenvalue weighted by Crippen LogP contribution is 2.29. The zero-order valence-corrected chi connectivity index (χ0v) is 12.5. The van der Waals surface area contributed by atoms with E-state index in [2.05, 4.69) is 26.5 Å². The van der Waals surface area contributed by atoms with Crippen molar-refractivity contribution in [2.45, 2.75) is 12.5 Å². The minimum Gasteiger partial charge on any atom is -0.497 e. The van der Waals surface area contributed by atoms with Gasteiger partial charge in [0.2, 0.25) is 0 Å². The second-order valence-electron chi connectivity index (χ2n) is 4.29. The van der Waals surface area contributed by atoms with Gasteiger partial charge < -0.3 is 4.74 Å². The van der Waals surface area contributed by atoms with Crippen LogP contribution in [0.25, 0.3) is 0 Å². The molecule has 0 aliphatic heterocycles. The van der Waals surface area contributed by atoms with Gasteiger partial charge in [0.15, 0.2) is 0 Å². The van der Waals surface area contributed by atoms with Crippen LogP contribution in [0.3, 0.4) is 0 Å². The van der Waals surface area contributed by atoms with Gasteiger partial charge in [-0.25, -0.2) is 0 Å². The molecular formula is C13H17BrN4O. The summed E-state index contributed by atoms with van der Waals surface area (Å²) in [6.07, 6.45) is 2.63. The molecule has 0 aliphatic rings. The first-order valence-corrected chi connectivity index (χ1v) is 6.71. The number of nitrogens with two attached hydrogens (primary N) is 1. The molecule has 0 radical (unpaired) electrons. The van der Waals surface area contributed by atoms with Gasteiger partial charge in [-0.05, 0) is 29.8 Å². The van der Waals surface area contributed by atoms with Crippen LogP contribution in [0.15, 0.2) is 34.9 Å². The maximum atomic E-state index is 5.67. The van der Waals surface area contributed by atoms with Crippen molar-refractivity contribution in [2.75, 3.05) is 7.11 Å². The number of hydrogen-bond acceptors (Lipinski definition) is 4. The molecule has 0 bridgehead atoms. The molecule has 2 aromatic rings. The molecule has 0 saturated carbocycles. The van der Waals surface area contributed by atoms with Crippen molar-refractivity contribution in [3.05, 3.63) is 46.2 Å². The lowest BCUT2D eigenvalue weighted by Crippen LogP contribution is -2.30. The second kappa shape index (κ2) is 6.18. The quantitative estimate of drug-likeness (QED) is 0.651. The zero-order valence-electron chi connectivity index (χ0n) is 10.9. The first-order chi connectivity index (χ1) is 9.13. The Morgan fingerprint density at radius 3 is 2.84 bits per heavy atom. The molecule has 5 nitrogen and oxygen atoms in total. The van der Waals surface area contributed by atoms with E-state index in [0.717, 1.165) is 21.5 Å². The number of benzene rings is 1. The first kappa shape index (κ1) is 14.0. The average Bonchev–Trinajstić information content (AvgIpc) is 2.82. The van der Waals surface area contributed by atoms with Crippen molar-refractivity contribution >= 4 is 15.9 Å². The van der Waals surface area contributed by atoms with Gasteiger partial charge in [0.1, 0.15) is 5.75 Å². The summed E-state index contributed by atoms with van der Waals surface area (Å²) in [4.78, 5) is 0. The maximum absolute atomic E-state index is 5.67. The summed E-state index contributed by atoms with van der Waals surface area (Å²) in [6, 6.07) is 7.79. The van der Waals surface area contributed by atoms with E-state index < -0.39 is 0 Å². The van der Waals surface area contributed by atoms with Crippen LogP contribution in [0.2, 0.25) is 0 Å². The van der Waals surface area contributed by atoms with Gasteiger partial charge in [0, 0.05) is 24.1 Å². The third-order valence-corrected chi connectivity index (χ3v) is 3.68. The monoisotopic (exact) mass is 324 g/mol. The van der Waals surface area contributed by atoms with E-state index in [1.165, 1.54) is 0 Å². The minimum atomic E-state index is -0.0284. The number of aromatic nitrogens is 2. The molecule has 1 atom stereocenters. The molecule has 0 aliphatic carbocycles. The molecular weight excluding hydrogens is 308 g/mol. The van der Waals surface area contributed by atoms with Gasteiger partial charge in [-0.2, -0.15) is 5.10 Å². The highest BCUT2D eigenvalue weighted by atomic mass is 79.9. The van der Waals surface area contributed by atoms with Crippen molar-refractivity contribution in [2.24, 2.45) is 12.9 Å². The smallest absolute Gasteiger partial charge is 0.119 e. The van der Waals surface area contributed by atoms with Crippen molar-refractivity contribution in [1.29, 1.82) is 0 Å². The van der Waals surface area contributed by atoms with Gasteiger partial charge in [-0.3, -0.25) is 16.0 Å². The number of hydrazine groups is 1. The minimum absolute atomic E-state index is 0.0284. The Hall–Kier alpha value is -1.37. The van der Waals surface area contributed by atoms with E-state index in [1.54, 1.807) is 11.8 Å². The molecule has 1 heterocycles. The lowest BCUT2D eigenvalue weighted by atomic mass is 10.0. The fraction of sp³-hybridized carbons (Fsp3) is 0.308. The van der Waals surface area contributed by atoms with E-state index in [1.807, 2.05) is 37.5 Å². The maximum Gasteiger partial charge on any atom is 0.119 e. The molecule has 1 aromatic heterocycles. The van der Waals surface area contributed by atoms with Crippen LogP contribution < -0.4 is 16.0 Å². The number of nitrogens with one attached hydrogen (secondary N) is 1. The molecule has 2 rings (SSSR count). The molecule has 0 amide bonds. The summed E-state index contributed by atoms with van der Waals surface area (Å²) in [5, 5.41) is 4.37. The number of halogens is 1. The SMILES string of the molecule is COc1ccc(Br)c(C(Cc2ccn(C)n2)NN)c1. The van der Waals surface area contributed by atoms with E-state index in [0.29, 0.717) is 6.42 Å². The summed E-state index contributed by atoms with van der Waals surface area (Å²) in [5.41, 5.74) is 4.87. The Morgan fingerprint density at radius 2 is 2.26 bits per heavy atom. The van der Waals surface area contributed by atoms with Crippen LogP contribution in [0.4, 0.5) is 0 Å². The van der Waals surface area contributed by atoms with Crippen molar-refractivity contribution in [3.8, 4) is 5.75 Å². The summed E-state index contributed by atoms with van der Waals surface area (Å²) >= 11 is 3.54. The summed E-state index contributed by atoms with van der Waals surface area (Å²) < 4.78 is 8.02. The molecule has 19 heavy (non-hydrogen) atoms. The summed E-state index contributed by atoms with van der Waals surface area (Å²) in [6.45, 7) is 0. The number of hydrogen-bond donors (Lipinski definition) is 2. The van der Waals surface area contributed by atoms with Crippen LogP contribution in [-0.2, 0) is 13.5 Å². The lowest BCUT2D eigenvalue weighted by Gasteiger charge is -2.17. The Balaban J connectivity index is 2.26. The average molecular weight is 325 g/mol. The highest BCUT2D eigenvalue weighted by Gasteiger charge is 2.16. The fourth-order valence-electron chi connectivity index (χ4n) is 1.96. The number of nitrogens with zero attached hydrogens (tertiary/aromatic N) is 2. The third kappa shape index (κ3) is 3.34. The van der Waals surface area contributed by atoms with Crippen LogP contribution in [0.5, 0.6) is 5.75 Å². The van der Waals surface area contributed by atoms with Gasteiger partial charge in [-0.1, -0.05) is 15.9 Å². The standard InChI is InChI=1S/C13H17BrN4O/c1-18-6-5-9(17-18)7-13(16-15)11-8-10(19-2)3-4-12(11)14/h3-6,8,13,16H,7,15H2,1-2H3. The van der Waals surface area contributed by atoms with Gasteiger partial charge in [0.25, 0.3) is 0 Å². The number of rotatable bonds is 5. The second-order valence-corrected chi connectivity index (χ2v) is 5.15. The van der Waals surface area contributed by atoms with Gasteiger partial charge >= 0.3 is 0 Å². The van der Waals surface area contributed by atoms with Crippen molar-refractivity contribution in [1.82, 2.24) is 15.2 Å². The molecule has 0 fully saturated rings. The van der Waals surface area contributed by atoms with Crippen molar-refractivity contribution in [3.63, 3.8) is 0 Å². The third-order valence-electron chi connectivity index (χ3n) is 2.96. The molecule has 0 spiro atoms. The molecule has 3 N–H and O–H groups in total. The summed E-state index contributed by atoms with van der Waals surface area (Å²) in [5.74, 6) is 6.48. The predicted octanol–water partition coefficient (Wildman–Crippen LogP) is 1.94. The van der Waals surface area contributed by atoms with E-state index in [-0.39, 0.29) is 6.04 Å². The Bertz CT molecular complexity index is 555. The number of aryl methyl sites for hydroxylation is 1. The lowest BCUT2D eigenvalue weighted by molar-refractivity contribution is 0.412. The predicted molar refractivity (Wildman–Crippen MR) is 77.7 cm³/mol. The highest BCUT2D eigenvalue weighted by molar-refractivity contribution is 9.10. The number of ether oxygens (including phenoxy) is 1. The van der Waals surface area contributed by atoms with E-state index in [9.17, 15) is 0 Å². The zero-order chi connectivity index (χ0) is 13.8. The largest absolute Gasteiger partial charge is 0.497 e. The molecule has 0 saturated heterocycles. The molecule has 6 heteroatoms. The molecule has 102 valence electrons. The van der Waals surface area contributed by atoms with Crippen LogP contribution >= 0.6 is 15.9 Å². The van der Waals surface area contributed by atoms with Crippen LogP contribution in [-0.4, -0.2) is 16.9 Å².